The zero-order valence-corrected chi connectivity index (χ0v) is 61.8. The zero-order chi connectivity index (χ0) is 77.6. The van der Waals surface area contributed by atoms with Crippen LogP contribution in [0.3, 0.4) is 0 Å². The molecule has 0 aromatic carbocycles. The Balaban J connectivity index is 0.000000104. The van der Waals surface area contributed by atoms with E-state index in [9.17, 15) is 17.6 Å². The van der Waals surface area contributed by atoms with Crippen molar-refractivity contribution in [2.75, 3.05) is 19.6 Å². The summed E-state index contributed by atoms with van der Waals surface area (Å²) in [4.78, 5) is 48.0. The van der Waals surface area contributed by atoms with E-state index in [-0.39, 0.29) is 0 Å². The highest BCUT2D eigenvalue weighted by Gasteiger charge is 2.28. The number of hydrogen-bond acceptors (Lipinski definition) is 32. The predicted octanol–water partition coefficient (Wildman–Crippen LogP) is 2.33. The molecule has 0 amide bonds. The Morgan fingerprint density at radius 3 is 0.973 bits per heavy atom. The molecule has 7 aliphatic rings. The SMILES string of the molecule is CC1Cc2c(nnn2-c2ccccn2)CN1.CC1Cc2c(nnn2-c2ncc(F)cn2)CN1.C[C@@H]1CCc2nnn(-c3ncc(F)cn3)c2C1.C[C@H]1Cc2c(nnn2-c2ncc(F)cn2)CN1.Fc1cnc(-n2nnc3c2CCNC3)nc1.c1ccc(-n2nnc3c2CCNC3)nc1.c1cnc(-n2nnc3c2CCNC3)cn1. The molecule has 0 bridgehead atoms. The quantitative estimate of drug-likeness (QED) is 0.125. The smallest absolute Gasteiger partial charge is 0.252 e. The lowest BCUT2D eigenvalue weighted by Gasteiger charge is -2.19. The zero-order valence-electron chi connectivity index (χ0n) is 61.8. The maximum absolute atomic E-state index is 12.8. The molecule has 20 heterocycles. The summed E-state index contributed by atoms with van der Waals surface area (Å²) in [6.07, 6.45) is 25.8. The van der Waals surface area contributed by atoms with Gasteiger partial charge in [0.15, 0.2) is 40.7 Å². The van der Waals surface area contributed by atoms with E-state index in [0.29, 0.717) is 67.5 Å². The van der Waals surface area contributed by atoms with E-state index in [2.05, 4.69) is 192 Å². The van der Waals surface area contributed by atoms with E-state index in [1.54, 1.807) is 54.4 Å². The Kier molecular flexibility index (Phi) is 23.7. The molecule has 14 aromatic rings. The highest BCUT2D eigenvalue weighted by molar-refractivity contribution is 5.31. The van der Waals surface area contributed by atoms with Gasteiger partial charge in [-0.05, 0) is 70.2 Å². The number of halogens is 4. The van der Waals surface area contributed by atoms with Crippen molar-refractivity contribution in [3.63, 3.8) is 0 Å². The molecule has 113 heavy (non-hydrogen) atoms. The molecule has 21 rings (SSSR count). The third-order valence-electron chi connectivity index (χ3n) is 18.9. The average Bonchev–Trinajstić information content (AvgIpc) is 1.69. The number of aryl methyl sites for hydroxylation is 1. The maximum Gasteiger partial charge on any atom is 0.252 e. The molecule has 4 atom stereocenters. The molecule has 0 fully saturated rings. The van der Waals surface area contributed by atoms with E-state index in [1.807, 2.05) is 45.8 Å². The monoisotopic (exact) mass is 1540 g/mol. The van der Waals surface area contributed by atoms with Gasteiger partial charge in [-0.15, -0.1) is 35.7 Å². The van der Waals surface area contributed by atoms with Gasteiger partial charge in [-0.1, -0.05) is 55.6 Å². The van der Waals surface area contributed by atoms with E-state index in [4.69, 9.17) is 0 Å². The molecule has 6 N–H and O–H groups in total. The van der Waals surface area contributed by atoms with Crippen LogP contribution in [0.15, 0.2) is 117 Å². The largest absolute Gasteiger partial charge is 0.311 e. The Hall–Kier alpha value is -12.8. The van der Waals surface area contributed by atoms with Gasteiger partial charge in [0.2, 0.25) is 0 Å². The van der Waals surface area contributed by atoms with Gasteiger partial charge in [0, 0.05) is 140 Å². The molecular weight excluding hydrogens is 1460 g/mol. The Morgan fingerprint density at radius 1 is 0.301 bits per heavy atom. The molecule has 0 spiro atoms. The fraction of sp³-hybridized carbons (Fsp3) is 0.371. The molecule has 2 unspecified atom stereocenters. The minimum absolute atomic E-state index is 0.356. The number of pyridine rings is 2. The second kappa shape index (κ2) is 35.5. The molecular formula is C70H77F4N39. The van der Waals surface area contributed by atoms with E-state index in [0.717, 1.165) is 232 Å². The van der Waals surface area contributed by atoms with Crippen LogP contribution >= 0.6 is 0 Å². The van der Waals surface area contributed by atoms with Crippen molar-refractivity contribution >= 4 is 0 Å². The summed E-state index contributed by atoms with van der Waals surface area (Å²) in [6.45, 7) is 15.8. The number of rotatable bonds is 7. The van der Waals surface area contributed by atoms with Gasteiger partial charge in [-0.25, -0.2) is 72.4 Å². The lowest BCUT2D eigenvalue weighted by atomic mass is 9.91. The van der Waals surface area contributed by atoms with Crippen LogP contribution in [0.5, 0.6) is 0 Å². The molecule has 39 nitrogen and oxygen atoms in total. The number of nitrogens with zero attached hydrogens (tertiary/aromatic N) is 33. The summed E-state index contributed by atoms with van der Waals surface area (Å²) in [5, 5.41) is 76.9. The summed E-state index contributed by atoms with van der Waals surface area (Å²) in [6, 6.07) is 12.8. The molecule has 14 aromatic heterocycles. The Morgan fingerprint density at radius 2 is 0.611 bits per heavy atom. The fourth-order valence-electron chi connectivity index (χ4n) is 13.1. The van der Waals surface area contributed by atoms with Crippen molar-refractivity contribution in [1.82, 2.24) is 197 Å². The first kappa shape index (κ1) is 75.6. The van der Waals surface area contributed by atoms with Crippen molar-refractivity contribution in [1.29, 1.82) is 0 Å². The molecule has 1 aliphatic carbocycles. The van der Waals surface area contributed by atoms with Gasteiger partial charge in [0.25, 0.3) is 23.8 Å². The van der Waals surface area contributed by atoms with E-state index in [1.165, 1.54) is 11.4 Å². The van der Waals surface area contributed by atoms with Crippen molar-refractivity contribution in [3.05, 3.63) is 220 Å². The molecule has 0 saturated heterocycles. The van der Waals surface area contributed by atoms with Gasteiger partial charge >= 0.3 is 0 Å². The first-order valence-corrected chi connectivity index (χ1v) is 36.7. The molecule has 0 radical (unpaired) electrons. The van der Waals surface area contributed by atoms with Crippen LogP contribution in [-0.2, 0) is 90.6 Å². The van der Waals surface area contributed by atoms with Gasteiger partial charge < -0.3 is 31.9 Å². The first-order valence-electron chi connectivity index (χ1n) is 36.7. The lowest BCUT2D eigenvalue weighted by molar-refractivity contribution is 0.484. The lowest BCUT2D eigenvalue weighted by Crippen LogP contribution is -2.33. The first-order chi connectivity index (χ1) is 55.3. The second-order valence-electron chi connectivity index (χ2n) is 27.1. The molecule has 580 valence electrons. The summed E-state index contributed by atoms with van der Waals surface area (Å²) >= 11 is 0. The van der Waals surface area contributed by atoms with Gasteiger partial charge in [0.1, 0.15) is 34.2 Å². The van der Waals surface area contributed by atoms with Crippen molar-refractivity contribution in [2.24, 2.45) is 5.92 Å². The van der Waals surface area contributed by atoms with Crippen molar-refractivity contribution in [3.8, 4) is 41.2 Å². The Bertz CT molecular complexity index is 5070. The maximum atomic E-state index is 12.8. The average molecular weight is 1540 g/mol. The van der Waals surface area contributed by atoms with Crippen molar-refractivity contribution in [2.45, 2.75) is 143 Å². The minimum atomic E-state index is -0.460. The van der Waals surface area contributed by atoms with E-state index < -0.39 is 23.3 Å². The van der Waals surface area contributed by atoms with Crippen LogP contribution in [0, 0.1) is 29.2 Å². The third-order valence-corrected chi connectivity index (χ3v) is 18.9. The van der Waals surface area contributed by atoms with Gasteiger partial charge in [0.05, 0.1) is 101 Å². The molecule has 6 aliphatic heterocycles. The number of fused-ring (bicyclic) bond motifs is 7. The van der Waals surface area contributed by atoms with Crippen LogP contribution < -0.4 is 31.9 Å². The summed E-state index contributed by atoms with van der Waals surface area (Å²) in [5.74, 6) is 2.65. The number of aromatic nitrogens is 33. The van der Waals surface area contributed by atoms with Crippen LogP contribution in [0.1, 0.15) is 114 Å². The summed E-state index contributed by atoms with van der Waals surface area (Å²) in [7, 11) is 0. The molecule has 0 saturated carbocycles. The topological polar surface area (TPSA) is 442 Å². The van der Waals surface area contributed by atoms with Crippen LogP contribution in [-0.4, -0.2) is 203 Å². The normalized spacial score (nSPS) is 17.4. The van der Waals surface area contributed by atoms with Crippen molar-refractivity contribution < 1.29 is 17.6 Å². The summed E-state index contributed by atoms with van der Waals surface area (Å²) < 4.78 is 62.7. The van der Waals surface area contributed by atoms with Crippen LogP contribution in [0.2, 0.25) is 0 Å². The fourth-order valence-corrected chi connectivity index (χ4v) is 13.1. The molecule has 43 heteroatoms. The minimum Gasteiger partial charge on any atom is -0.311 e. The van der Waals surface area contributed by atoms with Crippen LogP contribution in [0.4, 0.5) is 17.6 Å². The highest BCUT2D eigenvalue weighted by atomic mass is 19.1. The summed E-state index contributed by atoms with van der Waals surface area (Å²) in [5.41, 5.74) is 14.3. The van der Waals surface area contributed by atoms with Gasteiger partial charge in [-0.2, -0.15) is 32.8 Å². The third kappa shape index (κ3) is 18.1. The van der Waals surface area contributed by atoms with E-state index >= 15 is 0 Å². The number of nitrogens with one attached hydrogen (secondary N) is 6. The van der Waals surface area contributed by atoms with Gasteiger partial charge in [-0.3, -0.25) is 4.98 Å². The predicted molar refractivity (Wildman–Crippen MR) is 390 cm³/mol. The number of hydrogen-bond donors (Lipinski definition) is 6. The highest BCUT2D eigenvalue weighted by Crippen LogP contribution is 2.26. The Labute approximate surface area is 641 Å². The van der Waals surface area contributed by atoms with Crippen LogP contribution in [0.25, 0.3) is 41.2 Å². The standard InChI is InChI=1S/C11H12FN5.C11H13N5.2C10H11FN6.C10H11N5.C9H9FN6.C9H10N6/c1-7-2-3-9-10(4-7)17(16-15-9)11-13-5-8(12)6-14-11;1-8-6-10-9(7-13-8)14-15-16(10)11-4-2-3-5-12-11;2*1-6-2-9-8(5-12-6)15-16-17(9)10-13-3-7(11)4-14-10;1-2-5-12-10(3-1)15-9-4-6-11-7-8(9)13-14-15;10-6-3-12-9(13-4-6)16-8-1-2-11-5-7(8)14-15-16;1-2-10-5-7-8(1)15(14-13-7)9-6-11-3-4-12-9/h5-7H,2-4H2,1H3;2-5,8,13H,6-7H2,1H3;2*3-4,6,12H,2,5H2,1H3;1-3,5,11H,4,6-7H2;3-4,11H,1-2,5H2;3-4,6,10H,1-2,5H2/t7-;;6-;;;;/m1.0..../s1. The second-order valence-corrected chi connectivity index (χ2v) is 27.1.